The smallest absolute Gasteiger partial charge is 0.420 e. The number of nitrogens with one attached hydrogen (secondary N) is 3. The molecular formula is C29H22F3N7O3. The number of nitrogen functional groups attached to an aromatic ring is 1. The van der Waals surface area contributed by atoms with Crippen molar-refractivity contribution < 1.29 is 27.2 Å². The van der Waals surface area contributed by atoms with Crippen LogP contribution in [0.4, 0.5) is 24.8 Å². The maximum Gasteiger partial charge on any atom is 0.420 e. The van der Waals surface area contributed by atoms with Crippen molar-refractivity contribution >= 4 is 40.5 Å². The predicted octanol–water partition coefficient (Wildman–Crippen LogP) is 4.97. The van der Waals surface area contributed by atoms with Gasteiger partial charge in [-0.3, -0.25) is 25.4 Å². The second-order valence-electron chi connectivity index (χ2n) is 8.97. The van der Waals surface area contributed by atoms with E-state index in [1.807, 2.05) is 0 Å². The maximum atomic E-state index is 14.0. The van der Waals surface area contributed by atoms with E-state index in [2.05, 4.69) is 31.1 Å². The van der Waals surface area contributed by atoms with Crippen LogP contribution in [0.25, 0.3) is 28.2 Å². The number of fused-ring (bicyclic) bond motifs is 1. The van der Waals surface area contributed by atoms with Crippen LogP contribution in [0.5, 0.6) is 0 Å². The minimum absolute atomic E-state index is 0.128. The zero-order chi connectivity index (χ0) is 29.7. The quantitative estimate of drug-likeness (QED) is 0.150. The molecule has 0 bridgehead atoms. The largest absolute Gasteiger partial charge is 0.459 e. The number of nitrogens with zero attached hydrogens (tertiary/aromatic N) is 3. The van der Waals surface area contributed by atoms with Crippen LogP contribution < -0.4 is 21.9 Å². The monoisotopic (exact) mass is 573 g/mol. The second-order valence-corrected chi connectivity index (χ2v) is 8.97. The van der Waals surface area contributed by atoms with Crippen LogP contribution >= 0.6 is 0 Å². The van der Waals surface area contributed by atoms with Gasteiger partial charge in [-0.05, 0) is 65.2 Å². The van der Waals surface area contributed by atoms with Gasteiger partial charge in [0.15, 0.2) is 5.82 Å². The van der Waals surface area contributed by atoms with Gasteiger partial charge < -0.3 is 15.5 Å². The van der Waals surface area contributed by atoms with E-state index in [0.717, 1.165) is 6.07 Å². The molecule has 0 aliphatic rings. The molecule has 5 N–H and O–H groups in total. The highest BCUT2D eigenvalue weighted by Crippen LogP contribution is 2.39. The minimum atomic E-state index is -4.70. The Hall–Kier alpha value is -5.72. The second kappa shape index (κ2) is 11.8. The number of hydrogen-bond acceptors (Lipinski definition) is 8. The van der Waals surface area contributed by atoms with Crippen molar-refractivity contribution in [1.82, 2.24) is 25.7 Å². The zero-order valence-corrected chi connectivity index (χ0v) is 21.6. The van der Waals surface area contributed by atoms with E-state index in [0.29, 0.717) is 22.8 Å². The number of anilines is 2. The highest BCUT2D eigenvalue weighted by atomic mass is 19.4. The van der Waals surface area contributed by atoms with Crippen molar-refractivity contribution in [3.63, 3.8) is 0 Å². The molecule has 0 fully saturated rings. The van der Waals surface area contributed by atoms with E-state index < -0.39 is 23.6 Å². The fourth-order valence-corrected chi connectivity index (χ4v) is 3.96. The average Bonchev–Trinajstić information content (AvgIpc) is 3.41. The Kier molecular flexibility index (Phi) is 7.82. The maximum absolute atomic E-state index is 14.0. The molecule has 3 heterocycles. The number of carbonyl (C=O) groups is 2. The Bertz CT molecular complexity index is 1750. The molecule has 0 saturated heterocycles. The summed E-state index contributed by atoms with van der Waals surface area (Å²) in [5.74, 6) is -0.122. The number of hydrogen-bond donors (Lipinski definition) is 4. The van der Waals surface area contributed by atoms with E-state index in [-0.39, 0.29) is 34.4 Å². The summed E-state index contributed by atoms with van der Waals surface area (Å²) in [4.78, 5) is 36.4. The lowest BCUT2D eigenvalue weighted by Gasteiger charge is -2.11. The van der Waals surface area contributed by atoms with Crippen LogP contribution in [0.2, 0.25) is 0 Å². The van der Waals surface area contributed by atoms with Gasteiger partial charge in [0.1, 0.15) is 17.2 Å². The molecule has 0 spiro atoms. The Morgan fingerprint density at radius 2 is 1.76 bits per heavy atom. The molecule has 0 unspecified atom stereocenters. The van der Waals surface area contributed by atoms with Crippen molar-refractivity contribution in [2.75, 3.05) is 11.2 Å². The number of hydrazine groups is 1. The lowest BCUT2D eigenvalue weighted by Crippen LogP contribution is -2.29. The first-order valence-corrected chi connectivity index (χ1v) is 12.4. The molecule has 5 rings (SSSR count). The first-order chi connectivity index (χ1) is 20.2. The minimum Gasteiger partial charge on any atom is -0.459 e. The summed E-state index contributed by atoms with van der Waals surface area (Å²) >= 11 is 0. The third-order valence-corrected chi connectivity index (χ3v) is 5.99. The molecule has 0 atom stereocenters. The molecule has 5 aromatic rings. The van der Waals surface area contributed by atoms with E-state index in [1.54, 1.807) is 30.3 Å². The number of furan rings is 1. The molecule has 212 valence electrons. The van der Waals surface area contributed by atoms with Crippen molar-refractivity contribution in [3.05, 3.63) is 108 Å². The van der Waals surface area contributed by atoms with Crippen LogP contribution in [0.1, 0.15) is 27.2 Å². The van der Waals surface area contributed by atoms with Crippen LogP contribution in [0.15, 0.2) is 89.9 Å². The first kappa shape index (κ1) is 27.8. The number of aromatic nitrogens is 3. The molecule has 0 radical (unpaired) electrons. The highest BCUT2D eigenvalue weighted by Gasteiger charge is 2.35. The van der Waals surface area contributed by atoms with Gasteiger partial charge in [0.05, 0.1) is 18.3 Å². The number of carbonyl (C=O) groups excluding carboxylic acids is 2. The fourth-order valence-electron chi connectivity index (χ4n) is 3.96. The molecule has 13 heteroatoms. The summed E-state index contributed by atoms with van der Waals surface area (Å²) in [5, 5.41) is 2.80. The first-order valence-electron chi connectivity index (χ1n) is 12.4. The SMILES string of the molecule is Nc1ccc(C=CC(=O)NCc2cc3cc(-c4ccc(C(=O)NNc5cnccn5)cc4)cc(C(F)(F)F)c3o2)cn1. The number of halogens is 3. The molecular weight excluding hydrogens is 551 g/mol. The number of alkyl halides is 3. The van der Waals surface area contributed by atoms with Crippen LogP contribution in [0.3, 0.4) is 0 Å². The van der Waals surface area contributed by atoms with Gasteiger partial charge in [0.25, 0.3) is 5.91 Å². The van der Waals surface area contributed by atoms with Gasteiger partial charge in [-0.15, -0.1) is 0 Å². The van der Waals surface area contributed by atoms with Crippen molar-refractivity contribution in [2.45, 2.75) is 12.7 Å². The number of benzene rings is 2. The number of rotatable bonds is 8. The number of pyridine rings is 1. The Morgan fingerprint density at radius 3 is 2.45 bits per heavy atom. The summed E-state index contributed by atoms with van der Waals surface area (Å²) in [6, 6.07) is 13.3. The molecule has 42 heavy (non-hydrogen) atoms. The topological polar surface area (TPSA) is 148 Å². The van der Waals surface area contributed by atoms with Gasteiger partial charge in [0, 0.05) is 35.6 Å². The van der Waals surface area contributed by atoms with Crippen molar-refractivity contribution in [2.24, 2.45) is 0 Å². The van der Waals surface area contributed by atoms with Crippen LogP contribution in [-0.4, -0.2) is 26.8 Å². The Labute approximate surface area is 236 Å². The third kappa shape index (κ3) is 6.70. The molecule has 3 aromatic heterocycles. The summed E-state index contributed by atoms with van der Waals surface area (Å²) in [6.45, 7) is -0.128. The molecule has 2 aromatic carbocycles. The van der Waals surface area contributed by atoms with Crippen LogP contribution in [-0.2, 0) is 17.5 Å². The summed E-state index contributed by atoms with van der Waals surface area (Å²) in [6.07, 6.45) is 3.95. The number of nitrogens with two attached hydrogens (primary N) is 1. The summed E-state index contributed by atoms with van der Waals surface area (Å²) < 4.78 is 47.5. The standard InChI is InChI=1S/C29H22F3N7O3/c30-29(31,32)23-13-20(18-3-5-19(6-4-18)28(41)39-38-25-16-34-9-10-35-25)11-21-12-22(42-27(21)23)15-37-26(40)8-2-17-1-7-24(33)36-14-17/h1-14,16H,15H2,(H2,33,36)(H,35,38)(H,37,40)(H,39,41). The van der Waals surface area contributed by atoms with Gasteiger partial charge >= 0.3 is 6.18 Å². The zero-order valence-electron chi connectivity index (χ0n) is 21.6. The van der Waals surface area contributed by atoms with E-state index in [4.69, 9.17) is 10.2 Å². The summed E-state index contributed by atoms with van der Waals surface area (Å²) in [5.41, 5.74) is 11.0. The van der Waals surface area contributed by atoms with Crippen molar-refractivity contribution in [3.8, 4) is 11.1 Å². The molecule has 0 aliphatic carbocycles. The molecule has 10 nitrogen and oxygen atoms in total. The summed E-state index contributed by atoms with van der Waals surface area (Å²) in [7, 11) is 0. The molecule has 0 saturated carbocycles. The van der Waals surface area contributed by atoms with Gasteiger partial charge in [-0.1, -0.05) is 12.1 Å². The van der Waals surface area contributed by atoms with Gasteiger partial charge in [0.2, 0.25) is 5.91 Å². The van der Waals surface area contributed by atoms with E-state index in [1.165, 1.54) is 55.1 Å². The van der Waals surface area contributed by atoms with Gasteiger partial charge in [-0.2, -0.15) is 13.2 Å². The predicted molar refractivity (Wildman–Crippen MR) is 149 cm³/mol. The van der Waals surface area contributed by atoms with E-state index >= 15 is 0 Å². The third-order valence-electron chi connectivity index (χ3n) is 5.99. The van der Waals surface area contributed by atoms with Crippen LogP contribution in [0, 0.1) is 0 Å². The average molecular weight is 574 g/mol. The van der Waals surface area contributed by atoms with Gasteiger partial charge in [-0.25, -0.2) is 9.97 Å². The molecule has 0 aliphatic heterocycles. The van der Waals surface area contributed by atoms with E-state index in [9.17, 15) is 22.8 Å². The highest BCUT2D eigenvalue weighted by molar-refractivity contribution is 5.95. The van der Waals surface area contributed by atoms with Crippen molar-refractivity contribution in [1.29, 1.82) is 0 Å². The molecule has 2 amide bonds. The Morgan fingerprint density at radius 1 is 0.952 bits per heavy atom. The number of amides is 2. The lowest BCUT2D eigenvalue weighted by molar-refractivity contribution is -0.136. The Balaban J connectivity index is 1.31. The fraction of sp³-hybridized carbons (Fsp3) is 0.0690. The lowest BCUT2D eigenvalue weighted by atomic mass is 9.99. The normalized spacial score (nSPS) is 11.5.